The van der Waals surface area contributed by atoms with E-state index in [1.54, 1.807) is 19.2 Å². The topological polar surface area (TPSA) is 80.7 Å². The fourth-order valence-corrected chi connectivity index (χ4v) is 4.70. The van der Waals surface area contributed by atoms with Gasteiger partial charge in [0.25, 0.3) is 5.91 Å². The molecule has 0 spiro atoms. The van der Waals surface area contributed by atoms with Gasteiger partial charge < -0.3 is 14.2 Å². The number of likely N-dealkylation sites (tertiary alicyclic amines) is 1. The van der Waals surface area contributed by atoms with Gasteiger partial charge in [-0.15, -0.1) is 0 Å². The lowest BCUT2D eigenvalue weighted by Crippen LogP contribution is -2.44. The van der Waals surface area contributed by atoms with Gasteiger partial charge in [0.2, 0.25) is 0 Å². The number of esters is 1. The molecule has 2 heterocycles. The van der Waals surface area contributed by atoms with Crippen LogP contribution >= 0.6 is 0 Å². The third-order valence-electron chi connectivity index (χ3n) is 6.57. The maximum absolute atomic E-state index is 13.5. The molecular formula is C27H33N3O5. The molecule has 0 bridgehead atoms. The monoisotopic (exact) mass is 479 g/mol. The highest BCUT2D eigenvalue weighted by Gasteiger charge is 2.35. The predicted molar refractivity (Wildman–Crippen MR) is 133 cm³/mol. The van der Waals surface area contributed by atoms with E-state index in [0.717, 1.165) is 47.7 Å². The van der Waals surface area contributed by atoms with Crippen molar-refractivity contribution in [2.75, 3.05) is 40.5 Å². The molecule has 4 rings (SSSR count). The van der Waals surface area contributed by atoms with Crippen molar-refractivity contribution in [3.63, 3.8) is 0 Å². The van der Waals surface area contributed by atoms with Crippen LogP contribution in [0.3, 0.4) is 0 Å². The Labute approximate surface area is 206 Å². The van der Waals surface area contributed by atoms with E-state index in [2.05, 4.69) is 0 Å². The predicted octanol–water partition coefficient (Wildman–Crippen LogP) is 3.66. The minimum Gasteiger partial charge on any atom is -0.497 e. The molecule has 2 atom stereocenters. The molecule has 0 aromatic heterocycles. The molecule has 1 fully saturated rings. The summed E-state index contributed by atoms with van der Waals surface area (Å²) in [5.74, 6) is 1.08. The average Bonchev–Trinajstić information content (AvgIpc) is 3.35. The van der Waals surface area contributed by atoms with Crippen LogP contribution in [0.2, 0.25) is 0 Å². The zero-order chi connectivity index (χ0) is 24.8. The van der Waals surface area contributed by atoms with Gasteiger partial charge in [0.15, 0.2) is 0 Å². The molecule has 2 unspecified atom stereocenters. The lowest BCUT2D eigenvalue weighted by Gasteiger charge is -2.32. The molecule has 0 saturated carbocycles. The van der Waals surface area contributed by atoms with Crippen molar-refractivity contribution < 1.29 is 23.8 Å². The highest BCUT2D eigenvalue weighted by molar-refractivity contribution is 6.03. The van der Waals surface area contributed by atoms with E-state index in [9.17, 15) is 9.59 Å². The molecule has 0 N–H and O–H groups in total. The number of benzene rings is 2. The first-order valence-electron chi connectivity index (χ1n) is 12.1. The minimum absolute atomic E-state index is 0.0844. The number of nitrogens with zero attached hydrogens (tertiary/aromatic N) is 3. The van der Waals surface area contributed by atoms with Gasteiger partial charge >= 0.3 is 5.97 Å². The van der Waals surface area contributed by atoms with Crippen LogP contribution in [0.5, 0.6) is 11.5 Å². The maximum Gasteiger partial charge on any atom is 0.310 e. The second-order valence-corrected chi connectivity index (χ2v) is 8.83. The molecule has 1 amide bonds. The number of ether oxygens (including phenoxy) is 3. The number of carbonyl (C=O) groups is 2. The van der Waals surface area contributed by atoms with Crippen molar-refractivity contribution >= 4 is 17.6 Å². The van der Waals surface area contributed by atoms with Gasteiger partial charge in [0.1, 0.15) is 11.5 Å². The highest BCUT2D eigenvalue weighted by Crippen LogP contribution is 2.34. The molecule has 8 heteroatoms. The number of carbonyl (C=O) groups excluding carboxylic acids is 2. The van der Waals surface area contributed by atoms with Gasteiger partial charge in [-0.25, -0.2) is 5.01 Å². The number of piperidine rings is 1. The number of hydrogen-bond acceptors (Lipinski definition) is 7. The first-order chi connectivity index (χ1) is 17.0. The van der Waals surface area contributed by atoms with Gasteiger partial charge in [0, 0.05) is 13.0 Å². The minimum atomic E-state index is -0.212. The zero-order valence-electron chi connectivity index (χ0n) is 20.6. The second-order valence-electron chi connectivity index (χ2n) is 8.83. The zero-order valence-corrected chi connectivity index (χ0v) is 20.6. The van der Waals surface area contributed by atoms with Crippen LogP contribution in [-0.4, -0.2) is 68.0 Å². The van der Waals surface area contributed by atoms with E-state index in [0.29, 0.717) is 19.6 Å². The first-order valence-corrected chi connectivity index (χ1v) is 12.1. The Morgan fingerprint density at radius 1 is 1.00 bits per heavy atom. The van der Waals surface area contributed by atoms with Crippen molar-refractivity contribution in [3.8, 4) is 11.5 Å². The number of methoxy groups -OCH3 is 2. The average molecular weight is 480 g/mol. The summed E-state index contributed by atoms with van der Waals surface area (Å²) in [6, 6.07) is 15.3. The third-order valence-corrected chi connectivity index (χ3v) is 6.57. The summed E-state index contributed by atoms with van der Waals surface area (Å²) in [4.78, 5) is 27.8. The Kier molecular flexibility index (Phi) is 8.02. The quantitative estimate of drug-likeness (QED) is 0.538. The van der Waals surface area contributed by atoms with Crippen LogP contribution in [0.15, 0.2) is 53.6 Å². The van der Waals surface area contributed by atoms with E-state index in [1.807, 2.05) is 60.4 Å². The molecule has 186 valence electrons. The van der Waals surface area contributed by atoms with E-state index in [1.165, 1.54) is 0 Å². The number of amides is 1. The fraction of sp³-hybridized carbons (Fsp3) is 0.444. The molecule has 8 nitrogen and oxygen atoms in total. The second kappa shape index (κ2) is 11.4. The summed E-state index contributed by atoms with van der Waals surface area (Å²) in [6.07, 6.45) is 2.26. The molecule has 35 heavy (non-hydrogen) atoms. The van der Waals surface area contributed by atoms with Crippen molar-refractivity contribution in [1.29, 1.82) is 0 Å². The molecule has 2 aromatic rings. The number of hydrazone groups is 1. The van der Waals surface area contributed by atoms with Crippen LogP contribution in [0.1, 0.15) is 43.4 Å². The lowest BCUT2D eigenvalue weighted by molar-refractivity contribution is -0.150. The Morgan fingerprint density at radius 2 is 1.66 bits per heavy atom. The summed E-state index contributed by atoms with van der Waals surface area (Å²) in [5.41, 5.74) is 2.80. The Hall–Kier alpha value is -3.39. The van der Waals surface area contributed by atoms with Crippen molar-refractivity contribution in [2.24, 2.45) is 11.0 Å². The van der Waals surface area contributed by atoms with Crippen LogP contribution < -0.4 is 9.47 Å². The van der Waals surface area contributed by atoms with E-state index < -0.39 is 0 Å². The molecule has 0 radical (unpaired) electrons. The van der Waals surface area contributed by atoms with Crippen molar-refractivity contribution in [3.05, 3.63) is 59.7 Å². The van der Waals surface area contributed by atoms with Gasteiger partial charge in [0.05, 0.1) is 45.0 Å². The third kappa shape index (κ3) is 5.82. The Balaban J connectivity index is 1.54. The van der Waals surface area contributed by atoms with Crippen LogP contribution in [0.4, 0.5) is 0 Å². The SMILES string of the molecule is CCOC(=O)C1CCCN(CC(=O)N2N=C(c3ccc(OC)cc3)CC2c2ccc(OC)cc2)C1. The van der Waals surface area contributed by atoms with Gasteiger partial charge in [-0.3, -0.25) is 14.5 Å². The standard InChI is InChI=1S/C27H33N3O5/c1-4-35-27(32)21-6-5-15-29(17-21)18-26(31)30-25(20-9-13-23(34-3)14-10-20)16-24(28-30)19-7-11-22(33-2)12-8-19/h7-14,21,25H,4-6,15-18H2,1-3H3. The first kappa shape index (κ1) is 24.7. The number of hydrogen-bond donors (Lipinski definition) is 0. The van der Waals surface area contributed by atoms with Crippen LogP contribution in [0, 0.1) is 5.92 Å². The van der Waals surface area contributed by atoms with Crippen molar-refractivity contribution in [1.82, 2.24) is 9.91 Å². The summed E-state index contributed by atoms with van der Waals surface area (Å²) < 4.78 is 15.8. The Morgan fingerprint density at radius 3 is 2.29 bits per heavy atom. The highest BCUT2D eigenvalue weighted by atomic mass is 16.5. The van der Waals surface area contributed by atoms with E-state index in [-0.39, 0.29) is 30.4 Å². The number of rotatable bonds is 8. The van der Waals surface area contributed by atoms with Crippen molar-refractivity contribution in [2.45, 2.75) is 32.2 Å². The molecule has 0 aliphatic carbocycles. The van der Waals surface area contributed by atoms with Gasteiger partial charge in [-0.05, 0) is 73.8 Å². The smallest absolute Gasteiger partial charge is 0.310 e. The molecular weight excluding hydrogens is 446 g/mol. The fourth-order valence-electron chi connectivity index (χ4n) is 4.70. The summed E-state index contributed by atoms with van der Waals surface area (Å²) in [7, 11) is 3.27. The van der Waals surface area contributed by atoms with E-state index >= 15 is 0 Å². The normalized spacial score (nSPS) is 20.3. The molecule has 2 aliphatic rings. The molecule has 2 aliphatic heterocycles. The Bertz CT molecular complexity index is 1050. The summed E-state index contributed by atoms with van der Waals surface area (Å²) in [6.45, 7) is 3.70. The summed E-state index contributed by atoms with van der Waals surface area (Å²) in [5, 5.41) is 6.38. The lowest BCUT2D eigenvalue weighted by atomic mass is 9.97. The largest absolute Gasteiger partial charge is 0.497 e. The van der Waals surface area contributed by atoms with Crippen LogP contribution in [-0.2, 0) is 14.3 Å². The van der Waals surface area contributed by atoms with E-state index in [4.69, 9.17) is 19.3 Å². The molecule has 2 aromatic carbocycles. The molecule has 1 saturated heterocycles. The van der Waals surface area contributed by atoms with Gasteiger partial charge in [-0.2, -0.15) is 5.10 Å². The summed E-state index contributed by atoms with van der Waals surface area (Å²) >= 11 is 0. The maximum atomic E-state index is 13.5. The van der Waals surface area contributed by atoms with Gasteiger partial charge in [-0.1, -0.05) is 12.1 Å². The van der Waals surface area contributed by atoms with Crippen LogP contribution in [0.25, 0.3) is 0 Å².